The van der Waals surface area contributed by atoms with Gasteiger partial charge in [-0.25, -0.2) is 0 Å². The Bertz CT molecular complexity index is 165. The van der Waals surface area contributed by atoms with Crippen LogP contribution in [0.2, 0.25) is 0 Å². The van der Waals surface area contributed by atoms with Crippen molar-refractivity contribution in [1.29, 1.82) is 0 Å². The van der Waals surface area contributed by atoms with Gasteiger partial charge >= 0.3 is 0 Å². The number of hydrogen-bond acceptors (Lipinski definition) is 2. The molecule has 1 saturated carbocycles. The van der Waals surface area contributed by atoms with Crippen LogP contribution in [0.25, 0.3) is 0 Å². The number of hydrogen-bond donors (Lipinski definition) is 0. The van der Waals surface area contributed by atoms with E-state index >= 15 is 0 Å². The normalized spacial score (nSPS) is 33.2. The molecule has 13 heavy (non-hydrogen) atoms. The average Bonchev–Trinajstić information content (AvgIpc) is 2.05. The fourth-order valence-electron chi connectivity index (χ4n) is 2.59. The third-order valence-electron chi connectivity index (χ3n) is 3.75. The molecule has 0 amide bonds. The Balaban J connectivity index is 1.92. The molecule has 0 aromatic carbocycles. The van der Waals surface area contributed by atoms with Crippen molar-refractivity contribution in [3.05, 3.63) is 0 Å². The first-order chi connectivity index (χ1) is 6.31. The van der Waals surface area contributed by atoms with Gasteiger partial charge in [-0.2, -0.15) is 0 Å². The maximum Gasteiger partial charge on any atom is 0.0223 e. The highest BCUT2D eigenvalue weighted by molar-refractivity contribution is 4.88. The summed E-state index contributed by atoms with van der Waals surface area (Å²) in [5, 5.41) is 0. The van der Waals surface area contributed by atoms with Crippen molar-refractivity contribution in [1.82, 2.24) is 9.80 Å². The summed E-state index contributed by atoms with van der Waals surface area (Å²) in [7, 11) is 2.25. The van der Waals surface area contributed by atoms with E-state index in [-0.39, 0.29) is 0 Å². The van der Waals surface area contributed by atoms with E-state index in [1.807, 2.05) is 0 Å². The van der Waals surface area contributed by atoms with Crippen molar-refractivity contribution in [2.24, 2.45) is 0 Å². The maximum atomic E-state index is 2.77. The van der Waals surface area contributed by atoms with E-state index in [2.05, 4.69) is 23.8 Å². The number of rotatable bonds is 2. The Morgan fingerprint density at radius 1 is 1.23 bits per heavy atom. The number of piperazine rings is 1. The Kier molecular flexibility index (Phi) is 2.89. The van der Waals surface area contributed by atoms with Crippen molar-refractivity contribution in [2.75, 3.05) is 26.7 Å². The summed E-state index contributed by atoms with van der Waals surface area (Å²) in [6, 6.07) is 1.78. The molecule has 1 aliphatic carbocycles. The molecule has 2 fully saturated rings. The van der Waals surface area contributed by atoms with Gasteiger partial charge in [-0.3, -0.25) is 4.90 Å². The second-order valence-corrected chi connectivity index (χ2v) is 4.65. The van der Waals surface area contributed by atoms with Gasteiger partial charge < -0.3 is 4.90 Å². The van der Waals surface area contributed by atoms with E-state index < -0.39 is 0 Å². The third kappa shape index (κ3) is 1.89. The Hall–Kier alpha value is -0.0800. The van der Waals surface area contributed by atoms with Crippen LogP contribution >= 0.6 is 0 Å². The molecule has 2 aliphatic rings. The molecular weight excluding hydrogens is 160 g/mol. The van der Waals surface area contributed by atoms with Gasteiger partial charge in [0.2, 0.25) is 0 Å². The van der Waals surface area contributed by atoms with Gasteiger partial charge in [-0.15, -0.1) is 0 Å². The van der Waals surface area contributed by atoms with Gasteiger partial charge in [0, 0.05) is 31.7 Å². The van der Waals surface area contributed by atoms with Crippen molar-refractivity contribution < 1.29 is 0 Å². The molecule has 2 heteroatoms. The van der Waals surface area contributed by atoms with E-state index in [1.165, 1.54) is 45.3 Å². The van der Waals surface area contributed by atoms with Crippen LogP contribution in [0, 0.1) is 0 Å². The van der Waals surface area contributed by atoms with Crippen LogP contribution in [-0.2, 0) is 0 Å². The first kappa shape index (κ1) is 9.47. The summed E-state index contributed by atoms with van der Waals surface area (Å²) >= 11 is 0. The van der Waals surface area contributed by atoms with Crippen LogP contribution in [0.3, 0.4) is 0 Å². The molecule has 0 radical (unpaired) electrons. The number of likely N-dealkylation sites (N-methyl/N-ethyl adjacent to an activating group) is 1. The summed E-state index contributed by atoms with van der Waals surface area (Å²) in [5.41, 5.74) is 0. The Labute approximate surface area is 81.9 Å². The smallest absolute Gasteiger partial charge is 0.0223 e. The van der Waals surface area contributed by atoms with Crippen LogP contribution in [-0.4, -0.2) is 48.6 Å². The lowest BCUT2D eigenvalue weighted by Crippen LogP contribution is -2.56. The minimum Gasteiger partial charge on any atom is -0.304 e. The maximum absolute atomic E-state index is 2.77. The highest BCUT2D eigenvalue weighted by atomic mass is 15.3. The highest BCUT2D eigenvalue weighted by Gasteiger charge is 2.32. The van der Waals surface area contributed by atoms with Crippen molar-refractivity contribution in [3.63, 3.8) is 0 Å². The topological polar surface area (TPSA) is 6.48 Å². The van der Waals surface area contributed by atoms with Gasteiger partial charge in [0.25, 0.3) is 0 Å². The second kappa shape index (κ2) is 3.97. The quantitative estimate of drug-likeness (QED) is 0.639. The predicted octanol–water partition coefficient (Wildman–Crippen LogP) is 1.56. The molecule has 0 bridgehead atoms. The summed E-state index contributed by atoms with van der Waals surface area (Å²) in [4.78, 5) is 5.24. The molecule has 2 nitrogen and oxygen atoms in total. The van der Waals surface area contributed by atoms with Crippen LogP contribution < -0.4 is 0 Å². The largest absolute Gasteiger partial charge is 0.304 e. The molecule has 1 unspecified atom stereocenters. The van der Waals surface area contributed by atoms with Crippen LogP contribution in [0.15, 0.2) is 0 Å². The summed E-state index contributed by atoms with van der Waals surface area (Å²) in [6.07, 6.45) is 5.70. The van der Waals surface area contributed by atoms with Crippen molar-refractivity contribution in [3.8, 4) is 0 Å². The zero-order valence-corrected chi connectivity index (χ0v) is 9.00. The molecule has 0 spiro atoms. The predicted molar refractivity (Wildman–Crippen MR) is 55.9 cm³/mol. The molecular formula is C11H22N2. The standard InChI is InChI=1S/C11H22N2/c1-3-10-9-12(2)7-8-13(10)11-5-4-6-11/h10-11H,3-9H2,1-2H3. The lowest BCUT2D eigenvalue weighted by molar-refractivity contribution is 0.0196. The molecule has 1 aliphatic heterocycles. The van der Waals surface area contributed by atoms with Crippen LogP contribution in [0.4, 0.5) is 0 Å². The SMILES string of the molecule is CCC1CN(C)CCN1C1CCC1. The summed E-state index contributed by atoms with van der Waals surface area (Å²) in [5.74, 6) is 0. The first-order valence-corrected chi connectivity index (χ1v) is 5.75. The van der Waals surface area contributed by atoms with E-state index in [9.17, 15) is 0 Å². The Morgan fingerprint density at radius 3 is 2.54 bits per heavy atom. The highest BCUT2D eigenvalue weighted by Crippen LogP contribution is 2.28. The van der Waals surface area contributed by atoms with E-state index in [0.29, 0.717) is 0 Å². The van der Waals surface area contributed by atoms with Gasteiger partial charge in [-0.05, 0) is 26.3 Å². The minimum absolute atomic E-state index is 0.837. The fraction of sp³-hybridized carbons (Fsp3) is 1.00. The zero-order chi connectivity index (χ0) is 9.26. The molecule has 2 rings (SSSR count). The van der Waals surface area contributed by atoms with Gasteiger partial charge in [-0.1, -0.05) is 13.3 Å². The summed E-state index contributed by atoms with van der Waals surface area (Å²) in [6.45, 7) is 6.19. The lowest BCUT2D eigenvalue weighted by Gasteiger charge is -2.47. The van der Waals surface area contributed by atoms with Crippen LogP contribution in [0.5, 0.6) is 0 Å². The molecule has 0 N–H and O–H groups in total. The molecule has 1 saturated heterocycles. The third-order valence-corrected chi connectivity index (χ3v) is 3.75. The van der Waals surface area contributed by atoms with E-state index in [1.54, 1.807) is 0 Å². The van der Waals surface area contributed by atoms with Crippen molar-refractivity contribution in [2.45, 2.75) is 44.7 Å². The van der Waals surface area contributed by atoms with Crippen LogP contribution in [0.1, 0.15) is 32.6 Å². The van der Waals surface area contributed by atoms with E-state index in [4.69, 9.17) is 0 Å². The monoisotopic (exact) mass is 182 g/mol. The molecule has 0 aromatic heterocycles. The molecule has 1 heterocycles. The lowest BCUT2D eigenvalue weighted by atomic mass is 9.89. The fourth-order valence-corrected chi connectivity index (χ4v) is 2.59. The van der Waals surface area contributed by atoms with Gasteiger partial charge in [0.15, 0.2) is 0 Å². The summed E-state index contributed by atoms with van der Waals surface area (Å²) < 4.78 is 0. The molecule has 0 aromatic rings. The van der Waals surface area contributed by atoms with E-state index in [0.717, 1.165) is 12.1 Å². The van der Waals surface area contributed by atoms with Gasteiger partial charge in [0.05, 0.1) is 0 Å². The number of nitrogens with zero attached hydrogens (tertiary/aromatic N) is 2. The second-order valence-electron chi connectivity index (χ2n) is 4.65. The molecule has 76 valence electrons. The minimum atomic E-state index is 0.837. The zero-order valence-electron chi connectivity index (χ0n) is 9.00. The Morgan fingerprint density at radius 2 is 2.00 bits per heavy atom. The van der Waals surface area contributed by atoms with Gasteiger partial charge in [0.1, 0.15) is 0 Å². The molecule has 1 atom stereocenters. The van der Waals surface area contributed by atoms with Crippen molar-refractivity contribution >= 4 is 0 Å². The average molecular weight is 182 g/mol. The first-order valence-electron chi connectivity index (χ1n) is 5.75.